The second-order valence-corrected chi connectivity index (χ2v) is 11.3. The molecular formula is C29H35NO3. The highest BCUT2D eigenvalue weighted by Crippen LogP contribution is 2.66. The minimum absolute atomic E-state index is 0.0594. The van der Waals surface area contributed by atoms with Gasteiger partial charge >= 0.3 is 5.97 Å². The highest BCUT2D eigenvalue weighted by Gasteiger charge is 2.57. The lowest BCUT2D eigenvalue weighted by Gasteiger charge is -2.57. The van der Waals surface area contributed by atoms with Crippen molar-refractivity contribution in [1.82, 2.24) is 5.16 Å². The van der Waals surface area contributed by atoms with Crippen molar-refractivity contribution in [1.29, 1.82) is 0 Å². The lowest BCUT2D eigenvalue weighted by molar-refractivity contribution is -0.151. The van der Waals surface area contributed by atoms with E-state index in [2.05, 4.69) is 43.3 Å². The van der Waals surface area contributed by atoms with Gasteiger partial charge in [0.25, 0.3) is 0 Å². The third kappa shape index (κ3) is 3.09. The Hall–Kier alpha value is -2.36. The van der Waals surface area contributed by atoms with E-state index >= 15 is 0 Å². The van der Waals surface area contributed by atoms with Gasteiger partial charge in [-0.2, -0.15) is 0 Å². The van der Waals surface area contributed by atoms with Gasteiger partial charge < -0.3 is 9.26 Å². The third-order valence-electron chi connectivity index (χ3n) is 9.85. The summed E-state index contributed by atoms with van der Waals surface area (Å²) in [5.41, 5.74) is 4.29. The van der Waals surface area contributed by atoms with Crippen molar-refractivity contribution in [2.75, 3.05) is 0 Å². The molecule has 0 bridgehead atoms. The fraction of sp³-hybridized carbons (Fsp3) is 0.586. The highest BCUT2D eigenvalue weighted by atomic mass is 16.5. The van der Waals surface area contributed by atoms with Gasteiger partial charge in [-0.25, -0.2) is 0 Å². The van der Waals surface area contributed by atoms with E-state index in [0.29, 0.717) is 18.3 Å². The summed E-state index contributed by atoms with van der Waals surface area (Å²) >= 11 is 0. The molecule has 1 aromatic heterocycles. The first kappa shape index (κ1) is 21.2. The number of hydrogen-bond donors (Lipinski definition) is 0. The van der Waals surface area contributed by atoms with Crippen LogP contribution in [0.2, 0.25) is 0 Å². The maximum Gasteiger partial charge on any atom is 0.305 e. The van der Waals surface area contributed by atoms with Crippen LogP contribution in [-0.2, 0) is 9.53 Å². The molecule has 1 heterocycles. The smallest absolute Gasteiger partial charge is 0.305 e. The number of rotatable bonds is 3. The fourth-order valence-electron chi connectivity index (χ4n) is 8.00. The number of nitrogens with zero attached hydrogens (tertiary/aromatic N) is 1. The van der Waals surface area contributed by atoms with Crippen LogP contribution in [0.15, 0.2) is 46.5 Å². The maximum absolute atomic E-state index is 11.9. The molecule has 4 aliphatic rings. The van der Waals surface area contributed by atoms with E-state index in [1.807, 2.05) is 19.1 Å². The number of esters is 1. The van der Waals surface area contributed by atoms with Gasteiger partial charge in [-0.1, -0.05) is 55.8 Å². The Morgan fingerprint density at radius 1 is 1.09 bits per heavy atom. The van der Waals surface area contributed by atoms with E-state index in [9.17, 15) is 4.79 Å². The maximum atomic E-state index is 11.9. The summed E-state index contributed by atoms with van der Waals surface area (Å²) in [6.45, 7) is 6.86. The van der Waals surface area contributed by atoms with E-state index in [0.717, 1.165) is 54.7 Å². The Bertz CT molecular complexity index is 1160. The molecule has 174 valence electrons. The average Bonchev–Trinajstić information content (AvgIpc) is 3.39. The molecule has 0 spiro atoms. The van der Waals surface area contributed by atoms with Gasteiger partial charge in [0, 0.05) is 23.8 Å². The number of ether oxygens (including phenoxy) is 1. The summed E-state index contributed by atoms with van der Waals surface area (Å²) < 4.78 is 11.7. The van der Waals surface area contributed by atoms with Crippen LogP contribution in [0, 0.1) is 28.6 Å². The number of benzene rings is 1. The highest BCUT2D eigenvalue weighted by molar-refractivity contribution is 5.91. The number of allylic oxidation sites excluding steroid dienone is 3. The van der Waals surface area contributed by atoms with Crippen molar-refractivity contribution >= 4 is 22.4 Å². The van der Waals surface area contributed by atoms with Gasteiger partial charge in [-0.15, -0.1) is 0 Å². The number of carbonyl (C=O) groups excluding carboxylic acids is 1. The van der Waals surface area contributed by atoms with Crippen molar-refractivity contribution in [3.8, 4) is 0 Å². The molecule has 6 atom stereocenters. The fourth-order valence-corrected chi connectivity index (χ4v) is 8.00. The Labute approximate surface area is 196 Å². The molecular weight excluding hydrogens is 410 g/mol. The third-order valence-corrected chi connectivity index (χ3v) is 9.85. The molecule has 0 saturated heterocycles. The monoisotopic (exact) mass is 445 g/mol. The van der Waals surface area contributed by atoms with E-state index in [1.54, 1.807) is 5.57 Å². The number of carbonyl (C=O) groups is 1. The van der Waals surface area contributed by atoms with Gasteiger partial charge in [-0.3, -0.25) is 4.79 Å². The van der Waals surface area contributed by atoms with Crippen LogP contribution < -0.4 is 0 Å². The van der Waals surface area contributed by atoms with Gasteiger partial charge in [0.05, 0.1) is 0 Å². The van der Waals surface area contributed by atoms with E-state index in [-0.39, 0.29) is 22.9 Å². The predicted molar refractivity (Wildman–Crippen MR) is 129 cm³/mol. The van der Waals surface area contributed by atoms with Crippen molar-refractivity contribution in [2.24, 2.45) is 28.6 Å². The number of fused-ring (bicyclic) bond motifs is 6. The molecule has 6 rings (SSSR count). The Morgan fingerprint density at radius 3 is 2.76 bits per heavy atom. The molecule has 0 N–H and O–H groups in total. The van der Waals surface area contributed by atoms with Crippen molar-refractivity contribution in [2.45, 2.75) is 78.2 Å². The van der Waals surface area contributed by atoms with Crippen LogP contribution in [0.4, 0.5) is 0 Å². The van der Waals surface area contributed by atoms with E-state index < -0.39 is 0 Å². The summed E-state index contributed by atoms with van der Waals surface area (Å²) in [6, 6.07) is 8.29. The summed E-state index contributed by atoms with van der Waals surface area (Å²) in [5.74, 6) is 3.01. The van der Waals surface area contributed by atoms with Crippen LogP contribution >= 0.6 is 0 Å². The first-order chi connectivity index (χ1) is 15.9. The van der Waals surface area contributed by atoms with Crippen molar-refractivity contribution < 1.29 is 14.1 Å². The Balaban J connectivity index is 1.27. The minimum Gasteiger partial charge on any atom is -0.462 e. The molecule has 1 aromatic carbocycles. The standard InChI is InChI=1S/C29H35NO3/c1-4-26(31)32-19-13-15-28(2)18(17-19)9-10-20-22-11-12-24(29(22,3)16-14-23(20)28)27-21-7-5-6-8-25(21)30-33-27/h5-9,12,19-20,22-23H,4,10-11,13-17H2,1-3H3/t19-,20?,22?,23?,28-,29-/m0/s1. The van der Waals surface area contributed by atoms with Gasteiger partial charge in [-0.05, 0) is 79.2 Å². The van der Waals surface area contributed by atoms with Crippen molar-refractivity contribution in [3.63, 3.8) is 0 Å². The summed E-state index contributed by atoms with van der Waals surface area (Å²) in [5, 5.41) is 5.49. The van der Waals surface area contributed by atoms with Crippen molar-refractivity contribution in [3.05, 3.63) is 47.8 Å². The lowest BCUT2D eigenvalue weighted by Crippen LogP contribution is -2.50. The molecule has 2 saturated carbocycles. The SMILES string of the molecule is CCC(=O)O[C@H]1CC[C@@]2(C)C(=CCC3C2CC[C@]2(C)C(c4onc5ccccc45)=CCC32)C1. The van der Waals surface area contributed by atoms with Gasteiger partial charge in [0.2, 0.25) is 0 Å². The van der Waals surface area contributed by atoms with E-state index in [1.165, 1.54) is 18.4 Å². The molecule has 0 radical (unpaired) electrons. The van der Waals surface area contributed by atoms with Gasteiger partial charge in [0.1, 0.15) is 11.6 Å². The normalized spacial score (nSPS) is 37.5. The van der Waals surface area contributed by atoms with Crippen LogP contribution in [0.1, 0.15) is 77.9 Å². The lowest BCUT2D eigenvalue weighted by atomic mass is 9.47. The zero-order valence-corrected chi connectivity index (χ0v) is 20.1. The first-order valence-corrected chi connectivity index (χ1v) is 12.9. The summed E-state index contributed by atoms with van der Waals surface area (Å²) in [7, 11) is 0. The average molecular weight is 446 g/mol. The Kier molecular flexibility index (Phi) is 4.87. The second-order valence-electron chi connectivity index (χ2n) is 11.3. The zero-order valence-electron chi connectivity index (χ0n) is 20.1. The predicted octanol–water partition coefficient (Wildman–Crippen LogP) is 7.11. The summed E-state index contributed by atoms with van der Waals surface area (Å²) in [4.78, 5) is 11.9. The van der Waals surface area contributed by atoms with Crippen LogP contribution in [-0.4, -0.2) is 17.2 Å². The molecule has 4 aliphatic carbocycles. The molecule has 2 fully saturated rings. The molecule has 2 aromatic rings. The summed E-state index contributed by atoms with van der Waals surface area (Å²) in [6.07, 6.45) is 13.3. The minimum atomic E-state index is -0.0594. The molecule has 4 heteroatoms. The molecule has 33 heavy (non-hydrogen) atoms. The van der Waals surface area contributed by atoms with Crippen LogP contribution in [0.25, 0.3) is 16.5 Å². The molecule has 4 nitrogen and oxygen atoms in total. The van der Waals surface area contributed by atoms with Crippen LogP contribution in [0.3, 0.4) is 0 Å². The van der Waals surface area contributed by atoms with Crippen LogP contribution in [0.5, 0.6) is 0 Å². The topological polar surface area (TPSA) is 52.3 Å². The largest absolute Gasteiger partial charge is 0.462 e. The number of aromatic nitrogens is 1. The van der Waals surface area contributed by atoms with E-state index in [4.69, 9.17) is 9.26 Å². The van der Waals surface area contributed by atoms with Gasteiger partial charge in [0.15, 0.2) is 5.76 Å². The molecule has 0 aliphatic heterocycles. The Morgan fingerprint density at radius 2 is 1.91 bits per heavy atom. The first-order valence-electron chi connectivity index (χ1n) is 12.9. The quantitative estimate of drug-likeness (QED) is 0.373. The zero-order chi connectivity index (χ0) is 22.8. The molecule has 0 amide bonds. The number of hydrogen-bond acceptors (Lipinski definition) is 4. The second kappa shape index (κ2) is 7.58. The molecule has 3 unspecified atom stereocenters.